The second kappa shape index (κ2) is 10.1. The van der Waals surface area contributed by atoms with Gasteiger partial charge in [0.1, 0.15) is 0 Å². The number of ether oxygens (including phenoxy) is 1. The maximum atomic E-state index is 5.81. The van der Waals surface area contributed by atoms with Gasteiger partial charge >= 0.3 is 0 Å². The summed E-state index contributed by atoms with van der Waals surface area (Å²) in [6.45, 7) is 6.31. The first-order chi connectivity index (χ1) is 9.77. The number of nitrogens with one attached hydrogen (secondary N) is 1. The predicted molar refractivity (Wildman–Crippen MR) is 82.9 cm³/mol. The van der Waals surface area contributed by atoms with Crippen LogP contribution in [0.5, 0.6) is 5.88 Å². The fourth-order valence-electron chi connectivity index (χ4n) is 1.61. The Morgan fingerprint density at radius 2 is 2.15 bits per heavy atom. The minimum atomic E-state index is 0.474. The van der Waals surface area contributed by atoms with Crippen LogP contribution in [0.1, 0.15) is 45.1 Å². The van der Waals surface area contributed by atoms with Crippen LogP contribution < -0.4 is 15.8 Å². The van der Waals surface area contributed by atoms with E-state index in [1.54, 1.807) is 6.20 Å². The number of hydrogen-bond acceptors (Lipinski definition) is 3. The van der Waals surface area contributed by atoms with Gasteiger partial charge in [-0.25, -0.2) is 9.98 Å². The molecule has 0 saturated heterocycles. The van der Waals surface area contributed by atoms with Crippen LogP contribution >= 0.6 is 0 Å². The highest BCUT2D eigenvalue weighted by atomic mass is 16.5. The Balaban J connectivity index is 2.51. The lowest BCUT2D eigenvalue weighted by Gasteiger charge is -2.09. The van der Waals surface area contributed by atoms with Crippen LogP contribution in [0.15, 0.2) is 23.3 Å². The number of nitrogens with zero attached hydrogens (tertiary/aromatic N) is 2. The monoisotopic (exact) mass is 278 g/mol. The molecule has 0 saturated carbocycles. The average Bonchev–Trinajstić information content (AvgIpc) is 2.47. The normalized spacial score (nSPS) is 11.4. The summed E-state index contributed by atoms with van der Waals surface area (Å²) >= 11 is 0. The fraction of sp³-hybridized carbons (Fsp3) is 0.600. The van der Waals surface area contributed by atoms with E-state index in [2.05, 4.69) is 29.1 Å². The van der Waals surface area contributed by atoms with Gasteiger partial charge in [-0.2, -0.15) is 0 Å². The van der Waals surface area contributed by atoms with E-state index in [-0.39, 0.29) is 0 Å². The Bertz CT molecular complexity index is 407. The maximum Gasteiger partial charge on any atom is 0.218 e. The quantitative estimate of drug-likeness (QED) is 0.413. The minimum Gasteiger partial charge on any atom is -0.477 e. The van der Waals surface area contributed by atoms with Crippen LogP contribution in [0, 0.1) is 0 Å². The first-order valence-corrected chi connectivity index (χ1v) is 7.38. The van der Waals surface area contributed by atoms with Crippen molar-refractivity contribution in [2.45, 2.75) is 46.1 Å². The second-order valence-electron chi connectivity index (χ2n) is 4.65. The summed E-state index contributed by atoms with van der Waals surface area (Å²) < 4.78 is 5.67. The molecule has 1 aromatic heterocycles. The van der Waals surface area contributed by atoms with Gasteiger partial charge in [-0.05, 0) is 18.9 Å². The zero-order valence-corrected chi connectivity index (χ0v) is 12.6. The molecule has 5 nitrogen and oxygen atoms in total. The number of unbranched alkanes of at least 4 members (excludes halogenated alkanes) is 2. The van der Waals surface area contributed by atoms with Crippen molar-refractivity contribution in [1.82, 2.24) is 10.3 Å². The summed E-state index contributed by atoms with van der Waals surface area (Å²) in [6, 6.07) is 3.86. The molecule has 0 atom stereocenters. The van der Waals surface area contributed by atoms with Crippen molar-refractivity contribution in [3.63, 3.8) is 0 Å². The summed E-state index contributed by atoms with van der Waals surface area (Å²) in [5.41, 5.74) is 6.77. The standard InChI is InChI=1S/C15H26N4O/c1-3-5-9-18-15(16)19-12-13-8-7-10-17-14(13)20-11-6-4-2/h7-8,10H,3-6,9,11-12H2,1-2H3,(H3,16,18,19). The number of hydrogen-bond donors (Lipinski definition) is 2. The van der Waals surface area contributed by atoms with E-state index >= 15 is 0 Å². The third-order valence-electron chi connectivity index (χ3n) is 2.84. The Hall–Kier alpha value is -1.78. The van der Waals surface area contributed by atoms with Gasteiger partial charge in [0.25, 0.3) is 0 Å². The molecule has 1 heterocycles. The van der Waals surface area contributed by atoms with Crippen molar-refractivity contribution < 1.29 is 4.74 Å². The van der Waals surface area contributed by atoms with E-state index in [9.17, 15) is 0 Å². The van der Waals surface area contributed by atoms with E-state index in [1.165, 1.54) is 0 Å². The molecule has 0 spiro atoms. The van der Waals surface area contributed by atoms with Crippen molar-refractivity contribution >= 4 is 5.96 Å². The molecule has 0 aromatic carbocycles. The molecule has 0 aliphatic heterocycles. The van der Waals surface area contributed by atoms with Gasteiger partial charge in [-0.1, -0.05) is 32.8 Å². The lowest BCUT2D eigenvalue weighted by molar-refractivity contribution is 0.294. The smallest absolute Gasteiger partial charge is 0.218 e. The topological polar surface area (TPSA) is 72.5 Å². The molecular weight excluding hydrogens is 252 g/mol. The van der Waals surface area contributed by atoms with Crippen LogP contribution in [0.2, 0.25) is 0 Å². The zero-order chi connectivity index (χ0) is 14.6. The van der Waals surface area contributed by atoms with Crippen LogP contribution in [0.3, 0.4) is 0 Å². The average molecular weight is 278 g/mol. The van der Waals surface area contributed by atoms with E-state index in [1.807, 2.05) is 12.1 Å². The van der Waals surface area contributed by atoms with Gasteiger partial charge in [-0.15, -0.1) is 0 Å². The minimum absolute atomic E-state index is 0.474. The lowest BCUT2D eigenvalue weighted by Crippen LogP contribution is -2.32. The highest BCUT2D eigenvalue weighted by Crippen LogP contribution is 2.15. The molecule has 0 unspecified atom stereocenters. The van der Waals surface area contributed by atoms with Gasteiger partial charge in [-0.3, -0.25) is 0 Å². The van der Waals surface area contributed by atoms with E-state index in [0.29, 0.717) is 25.0 Å². The summed E-state index contributed by atoms with van der Waals surface area (Å²) in [5.74, 6) is 1.13. The van der Waals surface area contributed by atoms with Gasteiger partial charge < -0.3 is 15.8 Å². The molecule has 0 aliphatic carbocycles. The number of aromatic nitrogens is 1. The maximum absolute atomic E-state index is 5.81. The summed E-state index contributed by atoms with van der Waals surface area (Å²) in [6.07, 6.45) is 6.10. The molecule has 0 aliphatic rings. The zero-order valence-electron chi connectivity index (χ0n) is 12.6. The molecule has 1 rings (SSSR count). The molecule has 3 N–H and O–H groups in total. The summed E-state index contributed by atoms with van der Waals surface area (Å²) in [7, 11) is 0. The molecule has 0 amide bonds. The number of pyridine rings is 1. The predicted octanol–water partition coefficient (Wildman–Crippen LogP) is 2.46. The summed E-state index contributed by atoms with van der Waals surface area (Å²) in [5, 5.41) is 3.09. The van der Waals surface area contributed by atoms with Crippen molar-refractivity contribution in [1.29, 1.82) is 0 Å². The molecule has 0 bridgehead atoms. The molecule has 0 fully saturated rings. The Morgan fingerprint density at radius 1 is 1.35 bits per heavy atom. The SMILES string of the molecule is CCCCNC(N)=NCc1cccnc1OCCCC. The molecule has 0 radical (unpaired) electrons. The van der Waals surface area contributed by atoms with Gasteiger partial charge in [0.05, 0.1) is 13.2 Å². The third-order valence-corrected chi connectivity index (χ3v) is 2.84. The van der Waals surface area contributed by atoms with Crippen LogP contribution in [-0.4, -0.2) is 24.1 Å². The number of aliphatic imine (C=N–C) groups is 1. The lowest BCUT2D eigenvalue weighted by atomic mass is 10.3. The van der Waals surface area contributed by atoms with E-state index in [4.69, 9.17) is 10.5 Å². The first-order valence-electron chi connectivity index (χ1n) is 7.38. The molecule has 5 heteroatoms. The highest BCUT2D eigenvalue weighted by molar-refractivity contribution is 5.77. The van der Waals surface area contributed by atoms with Crippen molar-refractivity contribution in [3.05, 3.63) is 23.9 Å². The van der Waals surface area contributed by atoms with Crippen LogP contribution in [0.4, 0.5) is 0 Å². The van der Waals surface area contributed by atoms with E-state index in [0.717, 1.165) is 37.8 Å². The Labute approximate surface area is 121 Å². The molecule has 112 valence electrons. The number of guanidine groups is 1. The van der Waals surface area contributed by atoms with Crippen molar-refractivity contribution in [3.8, 4) is 5.88 Å². The second-order valence-corrected chi connectivity index (χ2v) is 4.65. The highest BCUT2D eigenvalue weighted by Gasteiger charge is 2.04. The Morgan fingerprint density at radius 3 is 2.90 bits per heavy atom. The number of rotatable bonds is 9. The first kappa shape index (κ1) is 16.3. The molecule has 20 heavy (non-hydrogen) atoms. The van der Waals surface area contributed by atoms with Gasteiger partial charge in [0.2, 0.25) is 5.88 Å². The van der Waals surface area contributed by atoms with Gasteiger partial charge in [0, 0.05) is 18.3 Å². The third kappa shape index (κ3) is 6.41. The molecule has 1 aromatic rings. The Kier molecular flexibility index (Phi) is 8.19. The van der Waals surface area contributed by atoms with E-state index < -0.39 is 0 Å². The largest absolute Gasteiger partial charge is 0.477 e. The van der Waals surface area contributed by atoms with Crippen LogP contribution in [-0.2, 0) is 6.54 Å². The van der Waals surface area contributed by atoms with Crippen LogP contribution in [0.25, 0.3) is 0 Å². The number of nitrogens with two attached hydrogens (primary N) is 1. The summed E-state index contributed by atoms with van der Waals surface area (Å²) in [4.78, 5) is 8.57. The molecular formula is C15H26N4O. The van der Waals surface area contributed by atoms with Crippen molar-refractivity contribution in [2.24, 2.45) is 10.7 Å². The van der Waals surface area contributed by atoms with Gasteiger partial charge in [0.15, 0.2) is 5.96 Å². The fourth-order valence-corrected chi connectivity index (χ4v) is 1.61. The van der Waals surface area contributed by atoms with Crippen molar-refractivity contribution in [2.75, 3.05) is 13.2 Å².